The van der Waals surface area contributed by atoms with E-state index in [1.54, 1.807) is 4.57 Å². The minimum atomic E-state index is -0.841. The third-order valence-corrected chi connectivity index (χ3v) is 2.23. The van der Waals surface area contributed by atoms with Gasteiger partial charge in [-0.1, -0.05) is 12.1 Å². The number of fused-ring (bicyclic) bond motifs is 1. The van der Waals surface area contributed by atoms with Crippen molar-refractivity contribution in [1.29, 1.82) is 0 Å². The van der Waals surface area contributed by atoms with Gasteiger partial charge in [0.2, 0.25) is 5.95 Å². The Bertz CT molecular complexity index is 504. The molecule has 2 aromatic rings. The molecule has 78 valence electrons. The molecule has 0 amide bonds. The summed E-state index contributed by atoms with van der Waals surface area (Å²) in [4.78, 5) is 14.6. The van der Waals surface area contributed by atoms with Gasteiger partial charge in [-0.05, 0) is 12.1 Å². The van der Waals surface area contributed by atoms with Crippen molar-refractivity contribution in [3.05, 3.63) is 24.3 Å². The minimum Gasteiger partial charge on any atom is -0.481 e. The second kappa shape index (κ2) is 3.61. The third kappa shape index (κ3) is 1.76. The number of anilines is 1. The second-order valence-corrected chi connectivity index (χ2v) is 3.25. The van der Waals surface area contributed by atoms with Gasteiger partial charge in [0.05, 0.1) is 17.5 Å². The molecule has 5 nitrogen and oxygen atoms in total. The number of para-hydroxylation sites is 2. The maximum Gasteiger partial charge on any atom is 0.305 e. The highest BCUT2D eigenvalue weighted by Crippen LogP contribution is 2.17. The summed E-state index contributed by atoms with van der Waals surface area (Å²) in [5.41, 5.74) is 7.36. The molecule has 0 saturated heterocycles. The van der Waals surface area contributed by atoms with Crippen molar-refractivity contribution in [3.8, 4) is 0 Å². The molecule has 0 spiro atoms. The number of carboxylic acid groups (broad SMARTS) is 1. The first-order chi connectivity index (χ1) is 7.18. The maximum absolute atomic E-state index is 10.5. The lowest BCUT2D eigenvalue weighted by molar-refractivity contribution is -0.137. The van der Waals surface area contributed by atoms with E-state index in [0.717, 1.165) is 11.0 Å². The van der Waals surface area contributed by atoms with Crippen molar-refractivity contribution in [3.63, 3.8) is 0 Å². The van der Waals surface area contributed by atoms with Crippen molar-refractivity contribution in [2.75, 3.05) is 5.73 Å². The van der Waals surface area contributed by atoms with Crippen LogP contribution < -0.4 is 5.73 Å². The first-order valence-corrected chi connectivity index (χ1v) is 4.61. The Labute approximate surface area is 86.1 Å². The molecular weight excluding hydrogens is 194 g/mol. The van der Waals surface area contributed by atoms with Gasteiger partial charge >= 0.3 is 5.97 Å². The van der Waals surface area contributed by atoms with E-state index in [1.807, 2.05) is 24.3 Å². The van der Waals surface area contributed by atoms with Crippen LogP contribution >= 0.6 is 0 Å². The summed E-state index contributed by atoms with van der Waals surface area (Å²) in [5, 5.41) is 8.60. The fourth-order valence-corrected chi connectivity index (χ4v) is 1.54. The average molecular weight is 205 g/mol. The largest absolute Gasteiger partial charge is 0.481 e. The molecule has 0 aliphatic carbocycles. The Kier molecular flexibility index (Phi) is 2.29. The number of carboxylic acids is 1. The van der Waals surface area contributed by atoms with E-state index in [0.29, 0.717) is 12.5 Å². The highest BCUT2D eigenvalue weighted by Gasteiger charge is 2.08. The standard InChI is InChI=1S/C10H11N3O2/c11-10-12-7-3-1-2-4-8(7)13(10)6-5-9(14)15/h1-4H,5-6H2,(H2,11,12)(H,14,15). The number of hydrogen-bond acceptors (Lipinski definition) is 3. The summed E-state index contributed by atoms with van der Waals surface area (Å²) in [6.45, 7) is 0.349. The number of rotatable bonds is 3. The van der Waals surface area contributed by atoms with Gasteiger partial charge in [-0.2, -0.15) is 0 Å². The molecule has 5 heteroatoms. The maximum atomic E-state index is 10.5. The zero-order valence-corrected chi connectivity index (χ0v) is 8.05. The van der Waals surface area contributed by atoms with Crippen LogP contribution in [0.3, 0.4) is 0 Å². The number of nitrogens with two attached hydrogens (primary N) is 1. The van der Waals surface area contributed by atoms with E-state index in [9.17, 15) is 4.79 Å². The van der Waals surface area contributed by atoms with Crippen LogP contribution in [0.4, 0.5) is 5.95 Å². The van der Waals surface area contributed by atoms with Crippen LogP contribution in [0.25, 0.3) is 11.0 Å². The molecule has 0 unspecified atom stereocenters. The number of aromatic nitrogens is 2. The van der Waals surface area contributed by atoms with Gasteiger partial charge in [-0.3, -0.25) is 4.79 Å². The van der Waals surface area contributed by atoms with Crippen LogP contribution in [-0.2, 0) is 11.3 Å². The summed E-state index contributed by atoms with van der Waals surface area (Å²) < 4.78 is 1.71. The van der Waals surface area contributed by atoms with Gasteiger partial charge in [-0.15, -0.1) is 0 Å². The second-order valence-electron chi connectivity index (χ2n) is 3.25. The van der Waals surface area contributed by atoms with Gasteiger partial charge in [0, 0.05) is 6.54 Å². The lowest BCUT2D eigenvalue weighted by atomic mass is 10.3. The minimum absolute atomic E-state index is 0.0462. The Hall–Kier alpha value is -2.04. The predicted molar refractivity (Wildman–Crippen MR) is 56.4 cm³/mol. The molecule has 0 bridgehead atoms. The highest BCUT2D eigenvalue weighted by molar-refractivity contribution is 5.78. The number of nitrogen functional groups attached to an aromatic ring is 1. The van der Waals surface area contributed by atoms with Gasteiger partial charge in [0.25, 0.3) is 0 Å². The van der Waals surface area contributed by atoms with Crippen molar-refractivity contribution in [2.45, 2.75) is 13.0 Å². The molecule has 1 aromatic heterocycles. The van der Waals surface area contributed by atoms with Crippen molar-refractivity contribution in [1.82, 2.24) is 9.55 Å². The summed E-state index contributed by atoms with van der Waals surface area (Å²) in [7, 11) is 0. The zero-order chi connectivity index (χ0) is 10.8. The van der Waals surface area contributed by atoms with Crippen molar-refractivity contribution < 1.29 is 9.90 Å². The van der Waals surface area contributed by atoms with Crippen LogP contribution in [0.1, 0.15) is 6.42 Å². The van der Waals surface area contributed by atoms with Crippen LogP contribution in [0.15, 0.2) is 24.3 Å². The van der Waals surface area contributed by atoms with E-state index < -0.39 is 5.97 Å². The molecule has 0 fully saturated rings. The van der Waals surface area contributed by atoms with Gasteiger partial charge in [-0.25, -0.2) is 4.98 Å². The molecule has 0 aliphatic heterocycles. The normalized spacial score (nSPS) is 10.7. The number of aliphatic carboxylic acids is 1. The number of hydrogen-bond donors (Lipinski definition) is 2. The fraction of sp³-hybridized carbons (Fsp3) is 0.200. The fourth-order valence-electron chi connectivity index (χ4n) is 1.54. The Balaban J connectivity index is 2.40. The monoisotopic (exact) mass is 205 g/mol. The summed E-state index contributed by atoms with van der Waals surface area (Å²) >= 11 is 0. The van der Waals surface area contributed by atoms with E-state index in [4.69, 9.17) is 10.8 Å². The molecule has 15 heavy (non-hydrogen) atoms. The first-order valence-electron chi connectivity index (χ1n) is 4.61. The molecule has 3 N–H and O–H groups in total. The number of nitrogens with zero attached hydrogens (tertiary/aromatic N) is 2. The predicted octanol–water partition coefficient (Wildman–Crippen LogP) is 1.09. The number of benzene rings is 1. The Morgan fingerprint density at radius 2 is 2.20 bits per heavy atom. The topological polar surface area (TPSA) is 81.1 Å². The highest BCUT2D eigenvalue weighted by atomic mass is 16.4. The zero-order valence-electron chi connectivity index (χ0n) is 8.05. The van der Waals surface area contributed by atoms with Gasteiger partial charge < -0.3 is 15.4 Å². The Morgan fingerprint density at radius 3 is 2.93 bits per heavy atom. The molecule has 0 radical (unpaired) electrons. The van der Waals surface area contributed by atoms with Gasteiger partial charge in [0.15, 0.2) is 0 Å². The van der Waals surface area contributed by atoms with E-state index in [-0.39, 0.29) is 6.42 Å². The van der Waals surface area contributed by atoms with Crippen LogP contribution in [0, 0.1) is 0 Å². The molecule has 1 heterocycles. The molecule has 2 rings (SSSR count). The summed E-state index contributed by atoms with van der Waals surface area (Å²) in [5.74, 6) is -0.482. The average Bonchev–Trinajstić information content (AvgIpc) is 2.50. The lowest BCUT2D eigenvalue weighted by Gasteiger charge is -2.03. The number of aryl methyl sites for hydroxylation is 1. The van der Waals surface area contributed by atoms with Crippen molar-refractivity contribution >= 4 is 23.0 Å². The van der Waals surface area contributed by atoms with Gasteiger partial charge in [0.1, 0.15) is 0 Å². The molecule has 1 aromatic carbocycles. The van der Waals surface area contributed by atoms with Crippen LogP contribution in [-0.4, -0.2) is 20.6 Å². The SMILES string of the molecule is Nc1nc2ccccc2n1CCC(=O)O. The van der Waals surface area contributed by atoms with E-state index in [2.05, 4.69) is 4.98 Å². The first kappa shape index (κ1) is 9.51. The summed E-state index contributed by atoms with van der Waals surface area (Å²) in [6.07, 6.45) is 0.0462. The quantitative estimate of drug-likeness (QED) is 0.786. The third-order valence-electron chi connectivity index (χ3n) is 2.23. The summed E-state index contributed by atoms with van der Waals surface area (Å²) in [6, 6.07) is 7.47. The number of imidazole rings is 1. The smallest absolute Gasteiger partial charge is 0.305 e. The van der Waals surface area contributed by atoms with Crippen molar-refractivity contribution in [2.24, 2.45) is 0 Å². The molecule has 0 saturated carbocycles. The van der Waals surface area contributed by atoms with E-state index >= 15 is 0 Å². The molecule has 0 aliphatic rings. The molecular formula is C10H11N3O2. The molecule has 0 atom stereocenters. The number of carbonyl (C=O) groups is 1. The van der Waals surface area contributed by atoms with Crippen LogP contribution in [0.5, 0.6) is 0 Å². The van der Waals surface area contributed by atoms with E-state index in [1.165, 1.54) is 0 Å². The van der Waals surface area contributed by atoms with Crippen LogP contribution in [0.2, 0.25) is 0 Å². The Morgan fingerprint density at radius 1 is 1.47 bits per heavy atom. The lowest BCUT2D eigenvalue weighted by Crippen LogP contribution is -2.07.